The van der Waals surface area contributed by atoms with Crippen LogP contribution >= 0.6 is 0 Å². The molecule has 4 heterocycles. The number of carbonyl (C=O) groups is 1. The van der Waals surface area contributed by atoms with Crippen molar-refractivity contribution >= 4 is 27.6 Å². The number of amides is 1. The highest BCUT2D eigenvalue weighted by Crippen LogP contribution is 2.40. The Bertz CT molecular complexity index is 1520. The fourth-order valence-corrected chi connectivity index (χ4v) is 6.24. The molecule has 4 N–H and O–H groups in total. The number of benzene rings is 1. The summed E-state index contributed by atoms with van der Waals surface area (Å²) in [6.45, 7) is 6.63. The number of aromatic nitrogens is 2. The highest BCUT2D eigenvalue weighted by molar-refractivity contribution is 7.90. The summed E-state index contributed by atoms with van der Waals surface area (Å²) < 4.78 is 48.4. The Hall–Kier alpha value is -3.77. The molecule has 1 amide bonds. The average Bonchev–Trinajstić information content (AvgIpc) is 3.56. The Kier molecular flexibility index (Phi) is 7.65. The molecule has 0 bridgehead atoms. The molecule has 2 aliphatic heterocycles. The van der Waals surface area contributed by atoms with Crippen LogP contribution in [0.15, 0.2) is 53.6 Å². The van der Waals surface area contributed by atoms with Crippen LogP contribution < -0.4 is 25.4 Å². The number of hydrogen-bond donors (Lipinski definition) is 3. The third-order valence-corrected chi connectivity index (χ3v) is 8.42. The van der Waals surface area contributed by atoms with Gasteiger partial charge in [-0.3, -0.25) is 4.79 Å². The van der Waals surface area contributed by atoms with E-state index in [1.807, 2.05) is 13.8 Å². The Labute approximate surface area is 233 Å². The quantitative estimate of drug-likeness (QED) is 0.373. The van der Waals surface area contributed by atoms with Gasteiger partial charge in [0.1, 0.15) is 23.2 Å². The van der Waals surface area contributed by atoms with E-state index < -0.39 is 21.7 Å². The number of anilines is 2. The molecule has 1 aromatic carbocycles. The highest BCUT2D eigenvalue weighted by Gasteiger charge is 2.45. The first kappa shape index (κ1) is 27.8. The van der Waals surface area contributed by atoms with Gasteiger partial charge in [0.25, 0.3) is 15.9 Å². The zero-order chi connectivity index (χ0) is 28.5. The van der Waals surface area contributed by atoms with Crippen molar-refractivity contribution < 1.29 is 22.3 Å². The Morgan fingerprint density at radius 2 is 2.02 bits per heavy atom. The lowest BCUT2D eigenvalue weighted by molar-refractivity contribution is 0.0981. The van der Waals surface area contributed by atoms with Crippen LogP contribution in [-0.4, -0.2) is 56.1 Å². The maximum absolute atomic E-state index is 14.6. The fraction of sp³-hybridized carbons (Fsp3) is 0.393. The number of halogens is 1. The van der Waals surface area contributed by atoms with Gasteiger partial charge in [0.15, 0.2) is 5.03 Å². The standard InChI is InChI=1S/C28H33FN6O4S/c1-18(2)16-39-21-14-19(13-20(29)15-21)23-8-7-22(26(32-23)35-12-4-9-28(35)10-11-31-17-28)27(36)34-40(37,38)25-6-3-5-24(30)33-25/h3,5-8,13-15,18,31H,4,9-12,16-17H2,1-2H3,(H2,30,33)(H,34,36). The van der Waals surface area contributed by atoms with Gasteiger partial charge in [-0.2, -0.15) is 8.42 Å². The molecule has 10 nitrogen and oxygen atoms in total. The number of nitrogens with zero attached hydrogens (tertiary/aromatic N) is 3. The molecule has 5 rings (SSSR count). The highest BCUT2D eigenvalue weighted by atomic mass is 32.2. The van der Waals surface area contributed by atoms with Crippen molar-refractivity contribution in [3.8, 4) is 17.0 Å². The Morgan fingerprint density at radius 3 is 2.75 bits per heavy atom. The minimum Gasteiger partial charge on any atom is -0.493 e. The number of ether oxygens (including phenoxy) is 1. The lowest BCUT2D eigenvalue weighted by Gasteiger charge is -2.36. The van der Waals surface area contributed by atoms with E-state index in [4.69, 9.17) is 15.5 Å². The van der Waals surface area contributed by atoms with Crippen molar-refractivity contribution in [3.05, 3.63) is 59.9 Å². The minimum atomic E-state index is -4.30. The number of rotatable bonds is 8. The summed E-state index contributed by atoms with van der Waals surface area (Å²) in [6.07, 6.45) is 2.66. The van der Waals surface area contributed by atoms with Crippen LogP contribution in [0, 0.1) is 11.7 Å². The number of sulfonamides is 1. The molecule has 0 radical (unpaired) electrons. The second-order valence-corrected chi connectivity index (χ2v) is 12.3. The maximum Gasteiger partial charge on any atom is 0.281 e. The van der Waals surface area contributed by atoms with Crippen molar-refractivity contribution in [1.29, 1.82) is 0 Å². The van der Waals surface area contributed by atoms with Gasteiger partial charge in [-0.1, -0.05) is 19.9 Å². The molecule has 212 valence electrons. The number of hydrogen-bond acceptors (Lipinski definition) is 9. The van der Waals surface area contributed by atoms with E-state index >= 15 is 0 Å². The number of nitrogen functional groups attached to an aromatic ring is 1. The smallest absolute Gasteiger partial charge is 0.281 e. The van der Waals surface area contributed by atoms with Gasteiger partial charge in [-0.05, 0) is 68.1 Å². The van der Waals surface area contributed by atoms with E-state index in [2.05, 4.69) is 19.9 Å². The first-order valence-corrected chi connectivity index (χ1v) is 14.8. The van der Waals surface area contributed by atoms with E-state index in [9.17, 15) is 17.6 Å². The molecular weight excluding hydrogens is 535 g/mol. The Balaban J connectivity index is 1.55. The molecule has 2 saturated heterocycles. The van der Waals surface area contributed by atoms with Gasteiger partial charge in [-0.25, -0.2) is 19.1 Å². The maximum atomic E-state index is 14.6. The molecule has 0 saturated carbocycles. The molecule has 1 spiro atoms. The first-order chi connectivity index (χ1) is 19.1. The molecule has 0 aliphatic carbocycles. The lowest BCUT2D eigenvalue weighted by Crippen LogP contribution is -2.47. The molecule has 2 fully saturated rings. The number of carbonyl (C=O) groups excluding carboxylic acids is 1. The van der Waals surface area contributed by atoms with Crippen LogP contribution in [-0.2, 0) is 10.0 Å². The second-order valence-electron chi connectivity index (χ2n) is 10.7. The summed E-state index contributed by atoms with van der Waals surface area (Å²) >= 11 is 0. The molecular formula is C28H33FN6O4S. The molecule has 12 heteroatoms. The topological polar surface area (TPSA) is 140 Å². The van der Waals surface area contributed by atoms with E-state index in [0.29, 0.717) is 36.0 Å². The molecule has 2 aromatic heterocycles. The van der Waals surface area contributed by atoms with Crippen molar-refractivity contribution in [3.63, 3.8) is 0 Å². The normalized spacial score (nSPS) is 18.9. The van der Waals surface area contributed by atoms with E-state index in [0.717, 1.165) is 32.4 Å². The van der Waals surface area contributed by atoms with Crippen molar-refractivity contribution in [2.75, 3.05) is 36.9 Å². The van der Waals surface area contributed by atoms with Crippen LogP contribution in [0.3, 0.4) is 0 Å². The van der Waals surface area contributed by atoms with Crippen molar-refractivity contribution in [1.82, 2.24) is 20.0 Å². The van der Waals surface area contributed by atoms with Crippen molar-refractivity contribution in [2.24, 2.45) is 5.92 Å². The molecule has 2 aliphatic rings. The SMILES string of the molecule is CC(C)COc1cc(F)cc(-c2ccc(C(=O)NS(=O)(=O)c3cccc(N)n3)c(N3CCCC34CCNC4)n2)c1. The summed E-state index contributed by atoms with van der Waals surface area (Å²) in [5, 5.41) is 3.04. The van der Waals surface area contributed by atoms with Gasteiger partial charge >= 0.3 is 0 Å². The molecule has 1 unspecified atom stereocenters. The zero-order valence-corrected chi connectivity index (χ0v) is 23.3. The number of nitrogens with two attached hydrogens (primary N) is 1. The second kappa shape index (κ2) is 11.0. The van der Waals surface area contributed by atoms with Crippen LogP contribution in [0.2, 0.25) is 0 Å². The summed E-state index contributed by atoms with van der Waals surface area (Å²) in [7, 11) is -4.30. The van der Waals surface area contributed by atoms with Crippen LogP contribution in [0.1, 0.15) is 43.5 Å². The molecule has 1 atom stereocenters. The summed E-state index contributed by atoms with van der Waals surface area (Å²) in [6, 6.07) is 11.7. The van der Waals surface area contributed by atoms with Gasteiger partial charge in [-0.15, -0.1) is 0 Å². The molecule has 40 heavy (non-hydrogen) atoms. The van der Waals surface area contributed by atoms with Gasteiger partial charge in [0, 0.05) is 24.7 Å². The fourth-order valence-electron chi connectivity index (χ4n) is 5.30. The first-order valence-electron chi connectivity index (χ1n) is 13.3. The van der Waals surface area contributed by atoms with E-state index in [1.165, 1.54) is 36.4 Å². The summed E-state index contributed by atoms with van der Waals surface area (Å²) in [5.41, 5.74) is 6.42. The summed E-state index contributed by atoms with van der Waals surface area (Å²) in [4.78, 5) is 24.3. The van der Waals surface area contributed by atoms with E-state index in [-0.39, 0.29) is 27.9 Å². The lowest BCUT2D eigenvalue weighted by atomic mass is 9.94. The van der Waals surface area contributed by atoms with Gasteiger partial charge in [0.05, 0.1) is 23.4 Å². The number of nitrogens with one attached hydrogen (secondary N) is 2. The minimum absolute atomic E-state index is 0.0154. The van der Waals surface area contributed by atoms with Crippen LogP contribution in [0.5, 0.6) is 5.75 Å². The average molecular weight is 569 g/mol. The van der Waals surface area contributed by atoms with E-state index in [1.54, 1.807) is 12.1 Å². The van der Waals surface area contributed by atoms with Crippen molar-refractivity contribution in [2.45, 2.75) is 43.7 Å². The van der Waals surface area contributed by atoms with Crippen LogP contribution in [0.4, 0.5) is 16.0 Å². The third kappa shape index (κ3) is 5.73. The third-order valence-electron chi connectivity index (χ3n) is 7.19. The largest absolute Gasteiger partial charge is 0.493 e. The predicted molar refractivity (Wildman–Crippen MR) is 150 cm³/mol. The number of pyridine rings is 2. The van der Waals surface area contributed by atoms with Crippen LogP contribution in [0.25, 0.3) is 11.3 Å². The Morgan fingerprint density at radius 1 is 1.20 bits per heavy atom. The monoisotopic (exact) mass is 568 g/mol. The zero-order valence-electron chi connectivity index (χ0n) is 22.5. The summed E-state index contributed by atoms with van der Waals surface area (Å²) in [5.74, 6) is -0.305. The van der Waals surface area contributed by atoms with Gasteiger partial charge in [0.2, 0.25) is 0 Å². The van der Waals surface area contributed by atoms with Gasteiger partial charge < -0.3 is 20.7 Å². The molecule has 3 aromatic rings. The predicted octanol–water partition coefficient (Wildman–Crippen LogP) is 3.35.